The van der Waals surface area contributed by atoms with E-state index in [1.54, 1.807) is 12.1 Å². The quantitative estimate of drug-likeness (QED) is 0.429. The number of rotatable bonds is 8. The highest BCUT2D eigenvalue weighted by molar-refractivity contribution is 7.88. The lowest BCUT2D eigenvalue weighted by molar-refractivity contribution is 0.242. The molecule has 1 saturated heterocycles. The van der Waals surface area contributed by atoms with Gasteiger partial charge >= 0.3 is 5.56 Å². The number of aromatic nitrogens is 2. The zero-order valence-electron chi connectivity index (χ0n) is 22.6. The first-order valence-electron chi connectivity index (χ1n) is 13.5. The summed E-state index contributed by atoms with van der Waals surface area (Å²) in [4.78, 5) is 15.4. The molecule has 0 atom stereocenters. The molecule has 3 aliphatic rings. The smallest absolute Gasteiger partial charge is 0.316 e. The van der Waals surface area contributed by atoms with Crippen molar-refractivity contribution in [2.45, 2.75) is 25.5 Å². The minimum atomic E-state index is -3.61. The third kappa shape index (κ3) is 5.87. The van der Waals surface area contributed by atoms with Crippen molar-refractivity contribution in [3.8, 4) is 17.2 Å². The van der Waals surface area contributed by atoms with Crippen LogP contribution in [-0.2, 0) is 15.8 Å². The van der Waals surface area contributed by atoms with Crippen LogP contribution in [0.1, 0.15) is 25.3 Å². The lowest BCUT2D eigenvalue weighted by Gasteiger charge is -2.35. The molecule has 1 saturated carbocycles. The van der Waals surface area contributed by atoms with Gasteiger partial charge in [0.1, 0.15) is 29.7 Å². The highest BCUT2D eigenvalue weighted by atomic mass is 32.2. The van der Waals surface area contributed by atoms with Gasteiger partial charge in [0, 0.05) is 44.2 Å². The van der Waals surface area contributed by atoms with Gasteiger partial charge in [-0.1, -0.05) is 13.0 Å². The van der Waals surface area contributed by atoms with Crippen molar-refractivity contribution in [3.63, 3.8) is 0 Å². The maximum atomic E-state index is 13.9. The number of nitrogens with one attached hydrogen (secondary N) is 1. The molecule has 0 amide bonds. The number of fused-ring (bicyclic) bond motifs is 1. The maximum absolute atomic E-state index is 13.9. The Labute approximate surface area is 236 Å². The molecule has 1 N–H and O–H groups in total. The Bertz CT molecular complexity index is 1610. The molecule has 1 aliphatic carbocycles. The van der Waals surface area contributed by atoms with E-state index in [2.05, 4.69) is 17.3 Å². The topological polar surface area (TPSA) is 106 Å². The van der Waals surface area contributed by atoms with E-state index in [1.165, 1.54) is 10.5 Å². The average molecular weight is 588 g/mol. The molecule has 10 nitrogen and oxygen atoms in total. The summed E-state index contributed by atoms with van der Waals surface area (Å²) in [6.07, 6.45) is 3.38. The van der Waals surface area contributed by atoms with Crippen molar-refractivity contribution in [2.75, 3.05) is 56.2 Å². The van der Waals surface area contributed by atoms with E-state index in [4.69, 9.17) is 9.47 Å². The summed E-state index contributed by atoms with van der Waals surface area (Å²) >= 11 is 0. The van der Waals surface area contributed by atoms with Crippen molar-refractivity contribution < 1.29 is 26.7 Å². The molecule has 0 bridgehead atoms. The number of hydrogen-bond donors (Lipinski definition) is 1. The number of nitrogens with zero attached hydrogens (tertiary/aromatic N) is 4. The Hall–Kier alpha value is -3.71. The summed E-state index contributed by atoms with van der Waals surface area (Å²) in [6, 6.07) is 8.14. The Morgan fingerprint density at radius 3 is 2.51 bits per heavy atom. The van der Waals surface area contributed by atoms with Crippen LogP contribution in [0.2, 0.25) is 0 Å². The molecular formula is C28H31F2N5O5S. The van der Waals surface area contributed by atoms with Crippen LogP contribution in [0.5, 0.6) is 11.5 Å². The summed E-state index contributed by atoms with van der Waals surface area (Å²) in [5.74, 6) is -1.15. The minimum absolute atomic E-state index is 0.0248. The number of benzene rings is 2. The third-order valence-electron chi connectivity index (χ3n) is 7.72. The molecule has 41 heavy (non-hydrogen) atoms. The first-order chi connectivity index (χ1) is 19.6. The van der Waals surface area contributed by atoms with Gasteiger partial charge in [-0.25, -0.2) is 17.2 Å². The molecule has 2 aromatic carbocycles. The number of sulfonamides is 1. The molecule has 218 valence electrons. The molecule has 2 fully saturated rings. The highest BCUT2D eigenvalue weighted by Gasteiger charge is 2.39. The summed E-state index contributed by atoms with van der Waals surface area (Å²) in [6.45, 7) is 4.63. The third-order valence-corrected chi connectivity index (χ3v) is 9.57. The Morgan fingerprint density at radius 2 is 1.80 bits per heavy atom. The molecule has 3 aromatic rings. The molecule has 1 aromatic heterocycles. The predicted molar refractivity (Wildman–Crippen MR) is 149 cm³/mol. The first kappa shape index (κ1) is 27.5. The molecule has 3 heterocycles. The fourth-order valence-electron chi connectivity index (χ4n) is 5.02. The second kappa shape index (κ2) is 10.6. The number of halogens is 2. The zero-order valence-corrected chi connectivity index (χ0v) is 23.4. The predicted octanol–water partition coefficient (Wildman–Crippen LogP) is 3.15. The summed E-state index contributed by atoms with van der Waals surface area (Å²) in [5, 5.41) is 7.41. The summed E-state index contributed by atoms with van der Waals surface area (Å²) in [5.41, 5.74) is 1.17. The normalized spacial score (nSPS) is 18.3. The number of hydrogen-bond acceptors (Lipinski definition) is 8. The summed E-state index contributed by atoms with van der Waals surface area (Å²) in [7, 11) is -3.61. The van der Waals surface area contributed by atoms with Gasteiger partial charge in [-0.3, -0.25) is 4.79 Å². The van der Waals surface area contributed by atoms with Gasteiger partial charge in [0.15, 0.2) is 0 Å². The van der Waals surface area contributed by atoms with Crippen LogP contribution in [0.3, 0.4) is 0 Å². The lowest BCUT2D eigenvalue weighted by Crippen LogP contribution is -2.49. The van der Waals surface area contributed by atoms with Crippen LogP contribution in [0.15, 0.2) is 47.4 Å². The molecule has 2 aliphatic heterocycles. The van der Waals surface area contributed by atoms with Crippen LogP contribution >= 0.6 is 0 Å². The van der Waals surface area contributed by atoms with E-state index in [-0.39, 0.29) is 35.7 Å². The van der Waals surface area contributed by atoms with Gasteiger partial charge in [-0.15, -0.1) is 0 Å². The molecule has 0 spiro atoms. The fourth-order valence-corrected chi connectivity index (χ4v) is 6.52. The van der Waals surface area contributed by atoms with Gasteiger partial charge in [-0.05, 0) is 42.7 Å². The highest BCUT2D eigenvalue weighted by Crippen LogP contribution is 2.45. The van der Waals surface area contributed by atoms with E-state index in [0.29, 0.717) is 49.8 Å². The molecule has 0 radical (unpaired) electrons. The molecular weight excluding hydrogens is 556 g/mol. The molecule has 0 unspecified atom stereocenters. The number of anilines is 2. The van der Waals surface area contributed by atoms with Crippen molar-refractivity contribution in [2.24, 2.45) is 5.41 Å². The second-order valence-corrected chi connectivity index (χ2v) is 13.0. The first-order valence-corrected chi connectivity index (χ1v) is 15.2. The van der Waals surface area contributed by atoms with E-state index in [9.17, 15) is 22.0 Å². The van der Waals surface area contributed by atoms with Crippen LogP contribution in [0, 0.1) is 17.0 Å². The fraction of sp³-hybridized carbons (Fsp3) is 0.429. The SMILES string of the molecule is CC1(COc2c(N3CCN(S(=O)(=O)Cc4ccc5c(c4)OCCN5)CC3)cnn(-c3cc(F)cc(F)c3)c2=O)CC1. The zero-order chi connectivity index (χ0) is 28.8. The van der Waals surface area contributed by atoms with Crippen molar-refractivity contribution in [3.05, 3.63) is 70.1 Å². The van der Waals surface area contributed by atoms with Gasteiger partial charge in [0.05, 0.1) is 29.9 Å². The van der Waals surface area contributed by atoms with Crippen LogP contribution in [0.4, 0.5) is 20.2 Å². The Morgan fingerprint density at radius 1 is 1.07 bits per heavy atom. The van der Waals surface area contributed by atoms with Crippen molar-refractivity contribution >= 4 is 21.4 Å². The number of piperazine rings is 1. The van der Waals surface area contributed by atoms with Crippen molar-refractivity contribution in [1.82, 2.24) is 14.1 Å². The Balaban J connectivity index is 1.21. The van der Waals surface area contributed by atoms with E-state index >= 15 is 0 Å². The lowest BCUT2D eigenvalue weighted by atomic mass is 10.2. The van der Waals surface area contributed by atoms with Crippen LogP contribution in [-0.4, -0.2) is 68.4 Å². The van der Waals surface area contributed by atoms with E-state index in [1.807, 2.05) is 11.0 Å². The van der Waals surface area contributed by atoms with E-state index < -0.39 is 27.2 Å². The monoisotopic (exact) mass is 587 g/mol. The van der Waals surface area contributed by atoms with Crippen LogP contribution < -0.4 is 25.2 Å². The minimum Gasteiger partial charge on any atom is -0.490 e. The number of ether oxygens (including phenoxy) is 2. The maximum Gasteiger partial charge on any atom is 0.316 e. The van der Waals surface area contributed by atoms with E-state index in [0.717, 1.165) is 41.4 Å². The average Bonchev–Trinajstić information content (AvgIpc) is 3.68. The molecule has 6 rings (SSSR count). The Kier molecular flexibility index (Phi) is 7.10. The second-order valence-electron chi connectivity index (χ2n) is 11.1. The van der Waals surface area contributed by atoms with Gasteiger partial charge in [0.2, 0.25) is 15.8 Å². The molecule has 13 heteroatoms. The largest absolute Gasteiger partial charge is 0.490 e. The van der Waals surface area contributed by atoms with Gasteiger partial charge < -0.3 is 19.7 Å². The summed E-state index contributed by atoms with van der Waals surface area (Å²) < 4.78 is 68.3. The van der Waals surface area contributed by atoms with Gasteiger partial charge in [0.25, 0.3) is 0 Å². The van der Waals surface area contributed by atoms with Crippen molar-refractivity contribution in [1.29, 1.82) is 0 Å². The standard InChI is InChI=1S/C28H31F2N5O5S/c1-28(4-5-28)18-40-26-24(16-32-35(27(26)36)22-14-20(29)13-21(30)15-22)33-7-9-34(10-8-33)41(37,38)17-19-2-3-23-25(12-19)39-11-6-31-23/h2-3,12-16,31H,4-11,17-18H2,1H3. The van der Waals surface area contributed by atoms with Gasteiger partial charge in [-0.2, -0.15) is 14.1 Å². The van der Waals surface area contributed by atoms with Crippen LogP contribution in [0.25, 0.3) is 5.69 Å².